The van der Waals surface area contributed by atoms with Crippen LogP contribution >= 0.6 is 0 Å². The highest BCUT2D eigenvalue weighted by atomic mass is 14.5. The molecule has 0 amide bonds. The average Bonchev–Trinajstić information content (AvgIpc) is 1.89. The zero-order chi connectivity index (χ0) is 6.95. The van der Waals surface area contributed by atoms with E-state index in [9.17, 15) is 0 Å². The summed E-state index contributed by atoms with van der Waals surface area (Å²) < 4.78 is 0. The van der Waals surface area contributed by atoms with Gasteiger partial charge in [0.2, 0.25) is 0 Å². The van der Waals surface area contributed by atoms with Crippen molar-refractivity contribution in [2.75, 3.05) is 6.54 Å². The normalized spacial score (nSPS) is 7.11. The van der Waals surface area contributed by atoms with Gasteiger partial charge in [0, 0.05) is 25.8 Å². The highest BCUT2D eigenvalue weighted by Gasteiger charge is 1.72. The molecule has 0 aromatic heterocycles. The number of unbranched alkanes of at least 4 members (excludes halogenated alkanes) is 1. The van der Waals surface area contributed by atoms with Crippen molar-refractivity contribution in [3.63, 3.8) is 0 Å². The lowest BCUT2D eigenvalue weighted by atomic mass is 10.3. The Morgan fingerprint density at radius 1 is 1.11 bits per heavy atom. The van der Waals surface area contributed by atoms with Gasteiger partial charge in [0.1, 0.15) is 0 Å². The van der Waals surface area contributed by atoms with Crippen LogP contribution in [0.3, 0.4) is 0 Å². The van der Waals surface area contributed by atoms with E-state index in [0.717, 1.165) is 19.3 Å². The first kappa shape index (κ1) is 8.08. The molecule has 2 N–H and O–H groups in total. The number of rotatable bonds is 2. The van der Waals surface area contributed by atoms with Gasteiger partial charge < -0.3 is 5.73 Å². The van der Waals surface area contributed by atoms with Gasteiger partial charge in [-0.1, -0.05) is 0 Å². The van der Waals surface area contributed by atoms with Crippen LogP contribution in [0, 0.1) is 24.2 Å². The van der Waals surface area contributed by atoms with Gasteiger partial charge in [0.25, 0.3) is 0 Å². The monoisotopic (exact) mass is 121 g/mol. The summed E-state index contributed by atoms with van der Waals surface area (Å²) >= 11 is 0. The summed E-state index contributed by atoms with van der Waals surface area (Å²) in [5.74, 6) is 8.32. The number of nitrogens with two attached hydrogens (primary N) is 1. The molecule has 0 aromatic carbocycles. The summed E-state index contributed by atoms with van der Waals surface area (Å²) in [6.45, 7) is 0.642. The third kappa shape index (κ3) is 7.08. The van der Waals surface area contributed by atoms with Crippen LogP contribution in [0.2, 0.25) is 0 Å². The molecule has 0 rings (SSSR count). The Bertz CT molecular complexity index is 142. The van der Waals surface area contributed by atoms with Gasteiger partial charge in [-0.05, 0) is 0 Å². The van der Waals surface area contributed by atoms with Crippen molar-refractivity contribution in [1.82, 2.24) is 0 Å². The van der Waals surface area contributed by atoms with Crippen molar-refractivity contribution in [3.05, 3.63) is 0 Å². The van der Waals surface area contributed by atoms with Crippen molar-refractivity contribution in [1.29, 1.82) is 0 Å². The van der Waals surface area contributed by atoms with Crippen LogP contribution in [0.4, 0.5) is 0 Å². The van der Waals surface area contributed by atoms with Gasteiger partial charge in [0.05, 0.1) is 0 Å². The standard InChI is InChI=1S/C8H11N/c1-2-3-4-5-6-7-8-9/h1H,3-4,7-9H2. The van der Waals surface area contributed by atoms with E-state index in [-0.39, 0.29) is 0 Å². The maximum atomic E-state index is 5.20. The maximum Gasteiger partial charge on any atom is 0.0212 e. The fourth-order valence-electron chi connectivity index (χ4n) is 0.384. The molecule has 0 unspecified atom stereocenters. The smallest absolute Gasteiger partial charge is 0.0212 e. The molecule has 0 saturated heterocycles. The molecule has 0 radical (unpaired) electrons. The zero-order valence-corrected chi connectivity index (χ0v) is 5.48. The van der Waals surface area contributed by atoms with Crippen LogP contribution in [-0.4, -0.2) is 6.54 Å². The fourth-order valence-corrected chi connectivity index (χ4v) is 0.384. The lowest BCUT2D eigenvalue weighted by Crippen LogP contribution is -1.95. The molecule has 0 atom stereocenters. The fraction of sp³-hybridized carbons (Fsp3) is 0.500. The van der Waals surface area contributed by atoms with E-state index in [1.165, 1.54) is 0 Å². The minimum absolute atomic E-state index is 0.642. The van der Waals surface area contributed by atoms with E-state index in [1.807, 2.05) is 0 Å². The number of hydrogen-bond acceptors (Lipinski definition) is 1. The Morgan fingerprint density at radius 3 is 2.33 bits per heavy atom. The molecular weight excluding hydrogens is 110 g/mol. The average molecular weight is 121 g/mol. The molecule has 1 nitrogen and oxygen atoms in total. The second-order valence-electron chi connectivity index (χ2n) is 1.60. The summed E-state index contributed by atoms with van der Waals surface area (Å²) in [4.78, 5) is 0. The largest absolute Gasteiger partial charge is 0.330 e. The van der Waals surface area contributed by atoms with Crippen LogP contribution in [0.25, 0.3) is 0 Å². The SMILES string of the molecule is C#CCCC#CCCN. The van der Waals surface area contributed by atoms with Gasteiger partial charge >= 0.3 is 0 Å². The second kappa shape index (κ2) is 7.08. The van der Waals surface area contributed by atoms with Crippen molar-refractivity contribution in [2.24, 2.45) is 5.73 Å². The van der Waals surface area contributed by atoms with Crippen LogP contribution in [0.1, 0.15) is 19.3 Å². The van der Waals surface area contributed by atoms with Crippen molar-refractivity contribution in [2.45, 2.75) is 19.3 Å². The topological polar surface area (TPSA) is 26.0 Å². The van der Waals surface area contributed by atoms with Crippen molar-refractivity contribution in [3.8, 4) is 24.2 Å². The third-order valence-corrected chi connectivity index (χ3v) is 0.789. The first-order valence-electron chi connectivity index (χ1n) is 3.01. The van der Waals surface area contributed by atoms with Gasteiger partial charge in [-0.2, -0.15) is 0 Å². The molecule has 48 valence electrons. The van der Waals surface area contributed by atoms with Gasteiger partial charge in [-0.25, -0.2) is 0 Å². The summed E-state index contributed by atoms with van der Waals surface area (Å²) in [7, 11) is 0. The molecule has 0 heterocycles. The number of hydrogen-bond donors (Lipinski definition) is 1. The van der Waals surface area contributed by atoms with Gasteiger partial charge in [0.15, 0.2) is 0 Å². The molecule has 0 fully saturated rings. The quantitative estimate of drug-likeness (QED) is 0.423. The molecule has 0 bridgehead atoms. The third-order valence-electron chi connectivity index (χ3n) is 0.789. The van der Waals surface area contributed by atoms with Crippen molar-refractivity contribution < 1.29 is 0 Å². The molecule has 0 aliphatic carbocycles. The Hall–Kier alpha value is -0.920. The molecule has 0 aliphatic rings. The predicted molar refractivity (Wildman–Crippen MR) is 39.5 cm³/mol. The Morgan fingerprint density at radius 2 is 1.78 bits per heavy atom. The predicted octanol–water partition coefficient (Wildman–Crippen LogP) is 0.752. The van der Waals surface area contributed by atoms with E-state index < -0.39 is 0 Å². The number of terminal acetylenes is 1. The lowest BCUT2D eigenvalue weighted by Gasteiger charge is -1.78. The van der Waals surface area contributed by atoms with E-state index in [1.54, 1.807) is 0 Å². The summed E-state index contributed by atoms with van der Waals surface area (Å²) in [6.07, 6.45) is 7.33. The molecule has 1 heteroatoms. The van der Waals surface area contributed by atoms with Crippen LogP contribution < -0.4 is 5.73 Å². The lowest BCUT2D eigenvalue weighted by molar-refractivity contribution is 1.03. The molecule has 0 spiro atoms. The molecule has 0 aromatic rings. The Labute approximate surface area is 56.6 Å². The van der Waals surface area contributed by atoms with E-state index in [4.69, 9.17) is 12.2 Å². The summed E-state index contributed by atoms with van der Waals surface area (Å²) in [5, 5.41) is 0. The highest BCUT2D eigenvalue weighted by Crippen LogP contribution is 1.81. The maximum absolute atomic E-state index is 5.20. The zero-order valence-electron chi connectivity index (χ0n) is 5.48. The first-order chi connectivity index (χ1) is 4.41. The molecule has 9 heavy (non-hydrogen) atoms. The summed E-state index contributed by atoms with van der Waals surface area (Å²) in [6, 6.07) is 0. The van der Waals surface area contributed by atoms with Crippen LogP contribution in [-0.2, 0) is 0 Å². The second-order valence-corrected chi connectivity index (χ2v) is 1.60. The minimum atomic E-state index is 0.642. The van der Waals surface area contributed by atoms with Gasteiger partial charge in [-0.15, -0.1) is 24.2 Å². The van der Waals surface area contributed by atoms with E-state index >= 15 is 0 Å². The molecule has 0 aliphatic heterocycles. The van der Waals surface area contributed by atoms with Crippen LogP contribution in [0.15, 0.2) is 0 Å². The van der Waals surface area contributed by atoms with E-state index in [0.29, 0.717) is 6.54 Å². The summed E-state index contributed by atoms with van der Waals surface area (Å²) in [5.41, 5.74) is 5.20. The van der Waals surface area contributed by atoms with Gasteiger partial charge in [-0.3, -0.25) is 0 Å². The first-order valence-corrected chi connectivity index (χ1v) is 3.01. The highest BCUT2D eigenvalue weighted by molar-refractivity contribution is 5.01. The molecular formula is C8H11N. The molecule has 0 saturated carbocycles. The van der Waals surface area contributed by atoms with E-state index in [2.05, 4.69) is 17.8 Å². The van der Waals surface area contributed by atoms with Crippen LogP contribution in [0.5, 0.6) is 0 Å². The Balaban J connectivity index is 3.08. The van der Waals surface area contributed by atoms with Crippen molar-refractivity contribution >= 4 is 0 Å². The Kier molecular flexibility index (Phi) is 6.36. The minimum Gasteiger partial charge on any atom is -0.330 e.